The van der Waals surface area contributed by atoms with Crippen LogP contribution in [0.1, 0.15) is 20.7 Å². The van der Waals surface area contributed by atoms with Crippen molar-refractivity contribution in [3.8, 4) is 5.75 Å². The monoisotopic (exact) mass is 262 g/mol. The maximum Gasteiger partial charge on any atom is 0.409 e. The Balaban J connectivity index is 3.33. The van der Waals surface area contributed by atoms with Gasteiger partial charge in [-0.3, -0.25) is 4.79 Å². The Morgan fingerprint density at radius 2 is 2.00 bits per heavy atom. The fourth-order valence-electron chi connectivity index (χ4n) is 1.04. The minimum Gasteiger partial charge on any atom is -0.478 e. The molecule has 7 heteroatoms. The average molecular weight is 263 g/mol. The largest absolute Gasteiger partial charge is 0.478 e. The lowest BCUT2D eigenvalue weighted by molar-refractivity contribution is 0.0693. The highest BCUT2D eigenvalue weighted by Crippen LogP contribution is 2.26. The van der Waals surface area contributed by atoms with Gasteiger partial charge in [0.25, 0.3) is 0 Å². The summed E-state index contributed by atoms with van der Waals surface area (Å²) in [6.07, 6.45) is 0.304. The molecule has 0 radical (unpaired) electrons. The van der Waals surface area contributed by atoms with Crippen LogP contribution in [0.15, 0.2) is 12.1 Å². The number of carbonyl (C=O) groups excluding carboxylic acids is 2. The van der Waals surface area contributed by atoms with Crippen LogP contribution in [0, 0.1) is 0 Å². The number of ether oxygens (including phenoxy) is 1. The fourth-order valence-corrected chi connectivity index (χ4v) is 1.38. The van der Waals surface area contributed by atoms with Crippen LogP contribution in [-0.2, 0) is 0 Å². The Labute approximate surface area is 99.5 Å². The number of hydrogen-bond acceptors (Lipinski definition) is 4. The van der Waals surface area contributed by atoms with E-state index in [9.17, 15) is 14.4 Å². The lowest BCUT2D eigenvalue weighted by Gasteiger charge is -2.05. The zero-order valence-corrected chi connectivity index (χ0v) is 9.08. The first-order valence-electron chi connectivity index (χ1n) is 3.85. The molecule has 0 saturated heterocycles. The van der Waals surface area contributed by atoms with Crippen molar-refractivity contribution in [2.75, 3.05) is 0 Å². The van der Waals surface area contributed by atoms with Gasteiger partial charge < -0.3 is 9.84 Å². The van der Waals surface area contributed by atoms with Gasteiger partial charge in [0.1, 0.15) is 5.75 Å². The van der Waals surface area contributed by atoms with E-state index in [2.05, 4.69) is 4.74 Å². The number of aromatic carboxylic acids is 1. The number of hydrogen-bond donors (Lipinski definition) is 1. The van der Waals surface area contributed by atoms with Gasteiger partial charge in [0, 0.05) is 23.2 Å². The second-order valence-electron chi connectivity index (χ2n) is 2.63. The van der Waals surface area contributed by atoms with Gasteiger partial charge in [-0.2, -0.15) is 0 Å². The van der Waals surface area contributed by atoms with Crippen molar-refractivity contribution in [1.82, 2.24) is 0 Å². The second kappa shape index (κ2) is 4.96. The van der Waals surface area contributed by atoms with E-state index in [1.54, 1.807) is 0 Å². The number of benzene rings is 1. The maximum absolute atomic E-state index is 10.8. The molecule has 1 aromatic carbocycles. The Morgan fingerprint density at radius 1 is 1.38 bits per heavy atom. The topological polar surface area (TPSA) is 80.7 Å². The highest BCUT2D eigenvalue weighted by Gasteiger charge is 2.16. The summed E-state index contributed by atoms with van der Waals surface area (Å²) >= 11 is 10.6. The average Bonchev–Trinajstić information content (AvgIpc) is 2.15. The maximum atomic E-state index is 10.8. The summed E-state index contributed by atoms with van der Waals surface area (Å²) < 4.78 is 4.45. The van der Waals surface area contributed by atoms with Crippen molar-refractivity contribution in [2.45, 2.75) is 0 Å². The van der Waals surface area contributed by atoms with Crippen molar-refractivity contribution in [1.29, 1.82) is 0 Å². The third-order valence-electron chi connectivity index (χ3n) is 1.65. The number of carboxylic acid groups (broad SMARTS) is 1. The molecule has 1 aromatic rings. The molecular weight excluding hydrogens is 259 g/mol. The molecule has 0 fully saturated rings. The predicted molar refractivity (Wildman–Crippen MR) is 55.7 cm³/mol. The van der Waals surface area contributed by atoms with Crippen molar-refractivity contribution in [2.24, 2.45) is 0 Å². The lowest BCUT2D eigenvalue weighted by Crippen LogP contribution is -2.05. The molecule has 0 atom stereocenters. The quantitative estimate of drug-likeness (QED) is 0.669. The summed E-state index contributed by atoms with van der Waals surface area (Å²) in [5.41, 5.74) is -1.69. The van der Waals surface area contributed by atoms with Gasteiger partial charge in [0.15, 0.2) is 6.29 Å². The third kappa shape index (κ3) is 2.71. The lowest BCUT2D eigenvalue weighted by atomic mass is 10.1. The van der Waals surface area contributed by atoms with Gasteiger partial charge in [-0.05, 0) is 6.07 Å². The predicted octanol–water partition coefficient (Wildman–Crippen LogP) is 2.59. The summed E-state index contributed by atoms with van der Waals surface area (Å²) in [7, 11) is 0. The molecular formula is C9H4Cl2O5. The molecule has 0 unspecified atom stereocenters. The standard InChI is InChI=1S/C9H4Cl2O5/c10-7-2-4(16-9(11)15)1-5(8(13)14)6(7)3-12/h1-3H,(H,13,14). The van der Waals surface area contributed by atoms with E-state index < -0.39 is 11.4 Å². The number of halogens is 2. The van der Waals surface area contributed by atoms with Crippen LogP contribution in [0.2, 0.25) is 5.02 Å². The van der Waals surface area contributed by atoms with Gasteiger partial charge in [0.2, 0.25) is 0 Å². The number of carbonyl (C=O) groups is 3. The van der Waals surface area contributed by atoms with Crippen LogP contribution in [0.5, 0.6) is 5.75 Å². The molecule has 0 aromatic heterocycles. The minimum atomic E-state index is -1.36. The molecule has 0 spiro atoms. The first-order valence-corrected chi connectivity index (χ1v) is 4.60. The van der Waals surface area contributed by atoms with Crippen LogP contribution in [-0.4, -0.2) is 22.8 Å². The molecule has 1 rings (SSSR count). The molecule has 0 saturated carbocycles. The van der Waals surface area contributed by atoms with E-state index in [-0.39, 0.29) is 21.9 Å². The van der Waals surface area contributed by atoms with E-state index in [1.807, 2.05) is 0 Å². The smallest absolute Gasteiger partial charge is 0.409 e. The Hall–Kier alpha value is -1.59. The number of rotatable bonds is 3. The minimum absolute atomic E-state index is 0.136. The molecule has 84 valence electrons. The molecule has 5 nitrogen and oxygen atoms in total. The second-order valence-corrected chi connectivity index (χ2v) is 3.34. The summed E-state index contributed by atoms with van der Waals surface area (Å²) in [4.78, 5) is 31.8. The first kappa shape index (κ1) is 12.5. The summed E-state index contributed by atoms with van der Waals surface area (Å²) in [6.45, 7) is 0. The Kier molecular flexibility index (Phi) is 3.87. The molecule has 0 bridgehead atoms. The van der Waals surface area contributed by atoms with Crippen LogP contribution in [0.4, 0.5) is 4.79 Å². The zero-order chi connectivity index (χ0) is 12.3. The van der Waals surface area contributed by atoms with Crippen molar-refractivity contribution in [3.05, 3.63) is 28.3 Å². The fraction of sp³-hybridized carbons (Fsp3) is 0. The first-order chi connectivity index (χ1) is 7.45. The summed E-state index contributed by atoms with van der Waals surface area (Å²) in [5, 5.41) is 8.65. The summed E-state index contributed by atoms with van der Waals surface area (Å²) in [6, 6.07) is 2.11. The van der Waals surface area contributed by atoms with Gasteiger partial charge in [-0.15, -0.1) is 0 Å². The van der Waals surface area contributed by atoms with E-state index in [0.29, 0.717) is 6.29 Å². The van der Waals surface area contributed by atoms with Crippen molar-refractivity contribution in [3.63, 3.8) is 0 Å². The van der Waals surface area contributed by atoms with E-state index in [1.165, 1.54) is 0 Å². The Morgan fingerprint density at radius 3 is 2.44 bits per heavy atom. The van der Waals surface area contributed by atoms with Gasteiger partial charge >= 0.3 is 11.4 Å². The summed E-state index contributed by atoms with van der Waals surface area (Å²) in [5.74, 6) is -1.51. The van der Waals surface area contributed by atoms with E-state index in [4.69, 9.17) is 28.3 Å². The van der Waals surface area contributed by atoms with Gasteiger partial charge in [-0.25, -0.2) is 9.59 Å². The van der Waals surface area contributed by atoms with E-state index in [0.717, 1.165) is 12.1 Å². The number of carboxylic acids is 1. The molecule has 0 aliphatic carbocycles. The van der Waals surface area contributed by atoms with Gasteiger partial charge in [-0.1, -0.05) is 11.6 Å². The molecule has 0 heterocycles. The van der Waals surface area contributed by atoms with E-state index >= 15 is 0 Å². The normalized spacial score (nSPS) is 9.62. The zero-order valence-electron chi connectivity index (χ0n) is 7.57. The van der Waals surface area contributed by atoms with Crippen LogP contribution < -0.4 is 4.74 Å². The van der Waals surface area contributed by atoms with Crippen molar-refractivity contribution >= 4 is 40.9 Å². The highest BCUT2D eigenvalue weighted by molar-refractivity contribution is 6.61. The molecule has 16 heavy (non-hydrogen) atoms. The Bertz CT molecular complexity index is 469. The van der Waals surface area contributed by atoms with Crippen LogP contribution in [0.25, 0.3) is 0 Å². The highest BCUT2D eigenvalue weighted by atomic mass is 35.5. The molecule has 0 aliphatic heterocycles. The number of aldehydes is 1. The van der Waals surface area contributed by atoms with Crippen molar-refractivity contribution < 1.29 is 24.2 Å². The molecule has 0 amide bonds. The molecule has 0 aliphatic rings. The van der Waals surface area contributed by atoms with Crippen LogP contribution in [0.3, 0.4) is 0 Å². The third-order valence-corrected chi connectivity index (χ3v) is 2.04. The van der Waals surface area contributed by atoms with Gasteiger partial charge in [0.05, 0.1) is 10.6 Å². The van der Waals surface area contributed by atoms with Crippen LogP contribution >= 0.6 is 23.2 Å². The molecule has 1 N–H and O–H groups in total. The SMILES string of the molecule is O=Cc1c(Cl)cc(OC(=O)Cl)cc1C(=O)O.